The maximum Gasteiger partial charge on any atom is 0.137 e. The molecule has 0 atom stereocenters. The number of piperazine rings is 1. The van der Waals surface area contributed by atoms with E-state index < -0.39 is 0 Å². The van der Waals surface area contributed by atoms with Crippen LogP contribution in [0.5, 0.6) is 5.75 Å². The number of para-hydroxylation sites is 1. The predicted octanol–water partition coefficient (Wildman–Crippen LogP) is 2.39. The third-order valence-corrected chi connectivity index (χ3v) is 3.73. The number of nitriles is 1. The highest BCUT2D eigenvalue weighted by molar-refractivity contribution is 5.85. The van der Waals surface area contributed by atoms with Crippen LogP contribution in [0.3, 0.4) is 0 Å². The Morgan fingerprint density at radius 3 is 2.57 bits per heavy atom. The average Bonchev–Trinajstić information content (AvgIpc) is 2.49. The second kappa shape index (κ2) is 9.62. The smallest absolute Gasteiger partial charge is 0.137 e. The van der Waals surface area contributed by atoms with Gasteiger partial charge in [0.2, 0.25) is 0 Å². The summed E-state index contributed by atoms with van der Waals surface area (Å²) in [5.74, 6) is 0.703. The third-order valence-electron chi connectivity index (χ3n) is 3.73. The fourth-order valence-corrected chi connectivity index (χ4v) is 2.38. The number of ether oxygens (including phenoxy) is 1. The maximum absolute atomic E-state index is 8.97. The molecular weight excluding hydrogens is 286 g/mol. The molecule has 0 N–H and O–H groups in total. The van der Waals surface area contributed by atoms with E-state index in [1.165, 1.54) is 26.2 Å². The topological polar surface area (TPSA) is 39.5 Å². The molecule has 1 saturated heterocycles. The Morgan fingerprint density at radius 1 is 1.14 bits per heavy atom. The Labute approximate surface area is 133 Å². The number of likely N-dealkylation sites (N-methyl/N-ethyl adjacent to an activating group) is 1. The van der Waals surface area contributed by atoms with Gasteiger partial charge in [0, 0.05) is 26.2 Å². The minimum atomic E-state index is 0. The lowest BCUT2D eigenvalue weighted by Gasteiger charge is -2.32. The van der Waals surface area contributed by atoms with Crippen molar-refractivity contribution in [2.24, 2.45) is 0 Å². The first-order valence-corrected chi connectivity index (χ1v) is 7.32. The first kappa shape index (κ1) is 17.8. The molecule has 1 fully saturated rings. The van der Waals surface area contributed by atoms with E-state index in [4.69, 9.17) is 10.00 Å². The molecule has 1 aromatic rings. The minimum absolute atomic E-state index is 0. The van der Waals surface area contributed by atoms with Gasteiger partial charge in [0.25, 0.3) is 0 Å². The fourth-order valence-electron chi connectivity index (χ4n) is 2.38. The van der Waals surface area contributed by atoms with Crippen molar-refractivity contribution in [1.82, 2.24) is 9.80 Å². The van der Waals surface area contributed by atoms with Gasteiger partial charge in [-0.25, -0.2) is 0 Å². The van der Waals surface area contributed by atoms with Crippen molar-refractivity contribution in [1.29, 1.82) is 5.26 Å². The zero-order valence-corrected chi connectivity index (χ0v) is 13.4. The summed E-state index contributed by atoms with van der Waals surface area (Å²) in [6.07, 6.45) is 2.19. The van der Waals surface area contributed by atoms with Crippen molar-refractivity contribution in [3.05, 3.63) is 29.8 Å². The van der Waals surface area contributed by atoms with Crippen LogP contribution in [0.15, 0.2) is 24.3 Å². The van der Waals surface area contributed by atoms with Crippen molar-refractivity contribution < 1.29 is 4.74 Å². The van der Waals surface area contributed by atoms with Crippen LogP contribution in [-0.2, 0) is 0 Å². The lowest BCUT2D eigenvalue weighted by Crippen LogP contribution is -2.44. The number of nitrogens with zero attached hydrogens (tertiary/aromatic N) is 3. The molecule has 1 aliphatic rings. The fraction of sp³-hybridized carbons (Fsp3) is 0.562. The highest BCUT2D eigenvalue weighted by Crippen LogP contribution is 2.16. The molecule has 1 aliphatic heterocycles. The van der Waals surface area contributed by atoms with Crippen LogP contribution < -0.4 is 4.74 Å². The second-order valence-electron chi connectivity index (χ2n) is 5.31. The van der Waals surface area contributed by atoms with E-state index >= 15 is 0 Å². The van der Waals surface area contributed by atoms with Crippen LogP contribution in [0.2, 0.25) is 0 Å². The summed E-state index contributed by atoms with van der Waals surface area (Å²) in [5, 5.41) is 8.97. The molecule has 0 amide bonds. The molecule has 0 bridgehead atoms. The van der Waals surface area contributed by atoms with Crippen molar-refractivity contribution in [3.8, 4) is 11.8 Å². The Balaban J connectivity index is 0.00000220. The molecule has 5 heteroatoms. The van der Waals surface area contributed by atoms with E-state index in [9.17, 15) is 0 Å². The Bertz CT molecular complexity index is 453. The van der Waals surface area contributed by atoms with Crippen LogP contribution in [0, 0.1) is 11.3 Å². The summed E-state index contributed by atoms with van der Waals surface area (Å²) in [6, 6.07) is 9.57. The van der Waals surface area contributed by atoms with Gasteiger partial charge in [-0.1, -0.05) is 12.1 Å². The summed E-state index contributed by atoms with van der Waals surface area (Å²) in [7, 11) is 2.18. The lowest BCUT2D eigenvalue weighted by molar-refractivity contribution is 0.150. The van der Waals surface area contributed by atoms with Crippen LogP contribution in [0.4, 0.5) is 0 Å². The third kappa shape index (κ3) is 5.92. The highest BCUT2D eigenvalue weighted by Gasteiger charge is 2.12. The van der Waals surface area contributed by atoms with Crippen molar-refractivity contribution in [2.45, 2.75) is 12.8 Å². The van der Waals surface area contributed by atoms with Crippen molar-refractivity contribution in [2.75, 3.05) is 46.4 Å². The highest BCUT2D eigenvalue weighted by atomic mass is 35.5. The zero-order valence-electron chi connectivity index (χ0n) is 12.6. The van der Waals surface area contributed by atoms with Crippen LogP contribution in [-0.4, -0.2) is 56.2 Å². The van der Waals surface area contributed by atoms with Gasteiger partial charge >= 0.3 is 0 Å². The predicted molar refractivity (Wildman–Crippen MR) is 87.1 cm³/mol. The van der Waals surface area contributed by atoms with Gasteiger partial charge in [-0.3, -0.25) is 0 Å². The molecule has 0 aliphatic carbocycles. The lowest BCUT2D eigenvalue weighted by atomic mass is 10.2. The molecule has 4 nitrogen and oxygen atoms in total. The first-order chi connectivity index (χ1) is 9.79. The molecular formula is C16H24ClN3O. The largest absolute Gasteiger partial charge is 0.492 e. The summed E-state index contributed by atoms with van der Waals surface area (Å²) >= 11 is 0. The summed E-state index contributed by atoms with van der Waals surface area (Å²) < 4.78 is 5.69. The van der Waals surface area contributed by atoms with E-state index in [2.05, 4.69) is 22.9 Å². The molecule has 21 heavy (non-hydrogen) atoms. The molecule has 2 rings (SSSR count). The molecule has 1 heterocycles. The second-order valence-corrected chi connectivity index (χ2v) is 5.31. The van der Waals surface area contributed by atoms with E-state index in [-0.39, 0.29) is 12.4 Å². The molecule has 0 radical (unpaired) electrons. The number of hydrogen-bond acceptors (Lipinski definition) is 4. The van der Waals surface area contributed by atoms with E-state index in [1.807, 2.05) is 18.2 Å². The number of unbranched alkanes of at least 4 members (excludes halogenated alkanes) is 1. The van der Waals surface area contributed by atoms with Crippen LogP contribution in [0.1, 0.15) is 18.4 Å². The Morgan fingerprint density at radius 2 is 1.86 bits per heavy atom. The van der Waals surface area contributed by atoms with Crippen molar-refractivity contribution >= 4 is 12.4 Å². The monoisotopic (exact) mass is 309 g/mol. The number of rotatable bonds is 6. The molecule has 0 aromatic heterocycles. The van der Waals surface area contributed by atoms with Gasteiger partial charge in [0.1, 0.15) is 11.8 Å². The number of hydrogen-bond donors (Lipinski definition) is 0. The summed E-state index contributed by atoms with van der Waals surface area (Å²) in [4.78, 5) is 4.89. The van der Waals surface area contributed by atoms with E-state index in [0.29, 0.717) is 17.9 Å². The van der Waals surface area contributed by atoms with Gasteiger partial charge in [-0.2, -0.15) is 5.26 Å². The average molecular weight is 310 g/mol. The summed E-state index contributed by atoms with van der Waals surface area (Å²) in [5.41, 5.74) is 0.617. The molecule has 0 saturated carbocycles. The van der Waals surface area contributed by atoms with Crippen molar-refractivity contribution in [3.63, 3.8) is 0 Å². The zero-order chi connectivity index (χ0) is 14.2. The number of halogens is 1. The quantitative estimate of drug-likeness (QED) is 0.757. The van der Waals surface area contributed by atoms with E-state index in [0.717, 1.165) is 19.4 Å². The van der Waals surface area contributed by atoms with Gasteiger partial charge < -0.3 is 14.5 Å². The molecule has 0 unspecified atom stereocenters. The summed E-state index contributed by atoms with van der Waals surface area (Å²) in [6.45, 7) is 6.53. The van der Waals surface area contributed by atoms with E-state index in [1.54, 1.807) is 6.07 Å². The minimum Gasteiger partial charge on any atom is -0.492 e. The first-order valence-electron chi connectivity index (χ1n) is 7.32. The number of benzene rings is 1. The molecule has 0 spiro atoms. The normalized spacial score (nSPS) is 16.0. The van der Waals surface area contributed by atoms with Gasteiger partial charge in [0.05, 0.1) is 12.2 Å². The van der Waals surface area contributed by atoms with Crippen LogP contribution in [0.25, 0.3) is 0 Å². The molecule has 116 valence electrons. The van der Waals surface area contributed by atoms with Gasteiger partial charge in [-0.15, -0.1) is 12.4 Å². The standard InChI is InChI=1S/C16H23N3O.ClH/c1-18-9-11-19(12-10-18)8-4-5-13-20-16-7-3-2-6-15(16)14-17;/h2-3,6-7H,4-5,8-13H2,1H3;1H. The maximum atomic E-state index is 8.97. The molecule has 1 aromatic carbocycles. The Hall–Kier alpha value is -1.28. The van der Waals surface area contributed by atoms with Gasteiger partial charge in [0.15, 0.2) is 0 Å². The van der Waals surface area contributed by atoms with Gasteiger partial charge in [-0.05, 0) is 38.6 Å². The SMILES string of the molecule is CN1CCN(CCCCOc2ccccc2C#N)CC1.Cl. The Kier molecular flexibility index (Phi) is 8.14. The van der Waals surface area contributed by atoms with Crippen LogP contribution >= 0.6 is 12.4 Å².